The largest absolute Gasteiger partial charge is 0.490 e. The zero-order valence-electron chi connectivity index (χ0n) is 20.2. The molecule has 1 aromatic heterocycles. The normalized spacial score (nSPS) is 19.5. The molecule has 4 rings (SSSR count). The maximum atomic E-state index is 10.6. The van der Waals surface area contributed by atoms with E-state index >= 15 is 0 Å². The molecular formula is C25H28F6N2O5. The van der Waals surface area contributed by atoms with Gasteiger partial charge in [0.25, 0.3) is 0 Å². The van der Waals surface area contributed by atoms with Crippen LogP contribution in [0.2, 0.25) is 0 Å². The Morgan fingerprint density at radius 2 is 1.45 bits per heavy atom. The Balaban J connectivity index is 0.000000301. The van der Waals surface area contributed by atoms with Crippen LogP contribution in [0.5, 0.6) is 0 Å². The van der Waals surface area contributed by atoms with Gasteiger partial charge in [0.2, 0.25) is 0 Å². The number of aliphatic carboxylic acids is 2. The summed E-state index contributed by atoms with van der Waals surface area (Å²) in [7, 11) is 0. The predicted molar refractivity (Wildman–Crippen MR) is 123 cm³/mol. The van der Waals surface area contributed by atoms with Gasteiger partial charge < -0.3 is 14.9 Å². The van der Waals surface area contributed by atoms with Gasteiger partial charge in [-0.1, -0.05) is 36.4 Å². The monoisotopic (exact) mass is 550 g/mol. The van der Waals surface area contributed by atoms with Crippen molar-refractivity contribution < 1.29 is 50.9 Å². The first-order chi connectivity index (χ1) is 17.8. The summed E-state index contributed by atoms with van der Waals surface area (Å²) in [5.74, 6) is -4.69. The molecule has 0 spiro atoms. The van der Waals surface area contributed by atoms with Crippen molar-refractivity contribution in [3.8, 4) is 0 Å². The molecule has 0 amide bonds. The van der Waals surface area contributed by atoms with Crippen LogP contribution in [0.4, 0.5) is 26.3 Å². The molecule has 1 aliphatic carbocycles. The third kappa shape index (κ3) is 11.5. The average molecular weight is 550 g/mol. The molecule has 0 bridgehead atoms. The maximum Gasteiger partial charge on any atom is 0.490 e. The van der Waals surface area contributed by atoms with Crippen molar-refractivity contribution in [2.24, 2.45) is 5.92 Å². The second kappa shape index (κ2) is 14.1. The van der Waals surface area contributed by atoms with Crippen LogP contribution in [0.15, 0.2) is 54.9 Å². The summed E-state index contributed by atoms with van der Waals surface area (Å²) in [6.07, 6.45) is -1.05. The number of carbonyl (C=O) groups is 2. The molecule has 2 aromatic rings. The molecule has 210 valence electrons. The first-order valence-corrected chi connectivity index (χ1v) is 11.7. The molecule has 0 unspecified atom stereocenters. The summed E-state index contributed by atoms with van der Waals surface area (Å²) >= 11 is 0. The van der Waals surface area contributed by atoms with Crippen molar-refractivity contribution in [1.82, 2.24) is 9.88 Å². The fraction of sp³-hybridized carbons (Fsp3) is 0.480. The smallest absolute Gasteiger partial charge is 0.475 e. The van der Waals surface area contributed by atoms with Crippen molar-refractivity contribution in [3.63, 3.8) is 0 Å². The quantitative estimate of drug-likeness (QED) is 0.470. The predicted octanol–water partition coefficient (Wildman–Crippen LogP) is 4.96. The van der Waals surface area contributed by atoms with Crippen LogP contribution in [0.3, 0.4) is 0 Å². The van der Waals surface area contributed by atoms with E-state index in [4.69, 9.17) is 24.5 Å². The highest BCUT2D eigenvalue weighted by atomic mass is 19.4. The van der Waals surface area contributed by atoms with E-state index in [0.29, 0.717) is 12.1 Å². The van der Waals surface area contributed by atoms with Gasteiger partial charge in [0, 0.05) is 38.1 Å². The highest BCUT2D eigenvalue weighted by Crippen LogP contribution is 2.32. The SMILES string of the molecule is O=C(O)C(F)(F)F.O=C(O)C(F)(F)F.c1ccc(C[C@H]2[C@H](OCC3CC3)CCN2Cc2cccnc2)cc1. The van der Waals surface area contributed by atoms with Crippen LogP contribution < -0.4 is 0 Å². The van der Waals surface area contributed by atoms with Gasteiger partial charge >= 0.3 is 24.3 Å². The topological polar surface area (TPSA) is 100.0 Å². The van der Waals surface area contributed by atoms with Crippen molar-refractivity contribution in [1.29, 1.82) is 0 Å². The number of aromatic nitrogens is 1. The van der Waals surface area contributed by atoms with E-state index in [1.165, 1.54) is 24.0 Å². The van der Waals surface area contributed by atoms with E-state index in [9.17, 15) is 26.3 Å². The Hall–Kier alpha value is -3.19. The molecule has 2 fully saturated rings. The van der Waals surface area contributed by atoms with Crippen molar-refractivity contribution >= 4 is 11.9 Å². The number of pyridine rings is 1. The second-order valence-corrected chi connectivity index (χ2v) is 8.80. The van der Waals surface area contributed by atoms with Crippen LogP contribution in [0, 0.1) is 5.92 Å². The fourth-order valence-corrected chi connectivity index (χ4v) is 3.66. The molecule has 1 saturated carbocycles. The summed E-state index contributed by atoms with van der Waals surface area (Å²) < 4.78 is 69.8. The highest BCUT2D eigenvalue weighted by molar-refractivity contribution is 5.73. The lowest BCUT2D eigenvalue weighted by Gasteiger charge is -2.28. The summed E-state index contributed by atoms with van der Waals surface area (Å²) in [5.41, 5.74) is 2.69. The van der Waals surface area contributed by atoms with E-state index in [1.54, 1.807) is 0 Å². The van der Waals surface area contributed by atoms with E-state index in [1.807, 2.05) is 18.5 Å². The maximum absolute atomic E-state index is 10.6. The lowest BCUT2D eigenvalue weighted by molar-refractivity contribution is -0.193. The lowest BCUT2D eigenvalue weighted by atomic mass is 10.0. The third-order valence-corrected chi connectivity index (χ3v) is 5.72. The van der Waals surface area contributed by atoms with Crippen molar-refractivity contribution in [3.05, 3.63) is 66.0 Å². The summed E-state index contributed by atoms with van der Waals surface area (Å²) in [4.78, 5) is 24.6. The molecule has 38 heavy (non-hydrogen) atoms. The molecule has 7 nitrogen and oxygen atoms in total. The van der Waals surface area contributed by atoms with Gasteiger partial charge in [-0.05, 0) is 48.8 Å². The standard InChI is InChI=1S/C21H26N2O.2C2HF3O2/c1-2-5-17(6-3-1)13-20-21(24-16-18-8-9-18)10-12-23(20)15-19-7-4-11-22-14-19;2*3-2(4,5)1(6)7/h1-7,11,14,18,20-21H,8-10,12-13,15-16H2;2*(H,6,7)/t20-,21+;;/m0../s1. The Kier molecular flexibility index (Phi) is 11.5. The van der Waals surface area contributed by atoms with E-state index in [-0.39, 0.29) is 0 Å². The van der Waals surface area contributed by atoms with E-state index < -0.39 is 24.3 Å². The lowest BCUT2D eigenvalue weighted by Crippen LogP contribution is -2.38. The molecule has 2 heterocycles. The van der Waals surface area contributed by atoms with Gasteiger partial charge in [0.1, 0.15) is 0 Å². The Morgan fingerprint density at radius 3 is 1.92 bits per heavy atom. The van der Waals surface area contributed by atoms with Crippen molar-refractivity contribution in [2.45, 2.75) is 56.7 Å². The second-order valence-electron chi connectivity index (χ2n) is 8.80. The van der Waals surface area contributed by atoms with Gasteiger partial charge in [0.15, 0.2) is 0 Å². The van der Waals surface area contributed by atoms with E-state index in [0.717, 1.165) is 38.5 Å². The number of benzene rings is 1. The molecule has 1 aromatic carbocycles. The van der Waals surface area contributed by atoms with Gasteiger partial charge in [-0.25, -0.2) is 9.59 Å². The molecule has 2 aliphatic rings. The number of carboxylic acids is 2. The minimum absolute atomic E-state index is 0.363. The molecular weight excluding hydrogens is 522 g/mol. The number of rotatable bonds is 7. The molecule has 13 heteroatoms. The number of likely N-dealkylation sites (tertiary alicyclic amines) is 1. The van der Waals surface area contributed by atoms with Crippen LogP contribution in [0.1, 0.15) is 30.4 Å². The number of hydrogen-bond acceptors (Lipinski definition) is 5. The Morgan fingerprint density at radius 1 is 0.895 bits per heavy atom. The minimum Gasteiger partial charge on any atom is -0.475 e. The molecule has 1 saturated heterocycles. The summed E-state index contributed by atoms with van der Waals surface area (Å²) in [6, 6.07) is 15.5. The van der Waals surface area contributed by atoms with Crippen LogP contribution in [-0.2, 0) is 27.3 Å². The summed E-state index contributed by atoms with van der Waals surface area (Å²) in [5, 5.41) is 14.2. The Bertz CT molecular complexity index is 977. The number of halogens is 6. The molecule has 1 aliphatic heterocycles. The molecule has 2 N–H and O–H groups in total. The average Bonchev–Trinajstić information content (AvgIpc) is 3.61. The number of alkyl halides is 6. The van der Waals surface area contributed by atoms with Crippen LogP contribution in [-0.4, -0.2) is 69.7 Å². The number of carboxylic acid groups (broad SMARTS) is 2. The van der Waals surface area contributed by atoms with Gasteiger partial charge in [0.05, 0.1) is 6.10 Å². The van der Waals surface area contributed by atoms with E-state index in [2.05, 4.69) is 46.3 Å². The van der Waals surface area contributed by atoms with Crippen LogP contribution in [0.25, 0.3) is 0 Å². The number of ether oxygens (including phenoxy) is 1. The first kappa shape index (κ1) is 31.0. The van der Waals surface area contributed by atoms with Crippen LogP contribution >= 0.6 is 0 Å². The van der Waals surface area contributed by atoms with Crippen molar-refractivity contribution in [2.75, 3.05) is 13.2 Å². The first-order valence-electron chi connectivity index (χ1n) is 11.7. The molecule has 0 radical (unpaired) electrons. The number of nitrogens with zero attached hydrogens (tertiary/aromatic N) is 2. The fourth-order valence-electron chi connectivity index (χ4n) is 3.66. The third-order valence-electron chi connectivity index (χ3n) is 5.72. The zero-order chi connectivity index (χ0) is 28.3. The van der Waals surface area contributed by atoms with Gasteiger partial charge in [-0.15, -0.1) is 0 Å². The minimum atomic E-state index is -5.08. The van der Waals surface area contributed by atoms with Gasteiger partial charge in [-0.2, -0.15) is 26.3 Å². The Labute approximate surface area is 215 Å². The highest BCUT2D eigenvalue weighted by Gasteiger charge is 2.39. The van der Waals surface area contributed by atoms with Gasteiger partial charge in [-0.3, -0.25) is 9.88 Å². The zero-order valence-corrected chi connectivity index (χ0v) is 20.2. The number of hydrogen-bond donors (Lipinski definition) is 2. The molecule has 2 atom stereocenters. The summed E-state index contributed by atoms with van der Waals surface area (Å²) in [6.45, 7) is 3.03.